The highest BCUT2D eigenvalue weighted by Crippen LogP contribution is 2.12. The predicted octanol–water partition coefficient (Wildman–Crippen LogP) is 0.750. The molecule has 0 saturated heterocycles. The van der Waals surface area contributed by atoms with E-state index in [4.69, 9.17) is 0 Å². The summed E-state index contributed by atoms with van der Waals surface area (Å²) in [6.45, 7) is 0. The van der Waals surface area contributed by atoms with E-state index < -0.39 is 0 Å². The molecule has 6 heteroatoms. The van der Waals surface area contributed by atoms with Gasteiger partial charge in [-0.05, 0) is 0 Å². The number of carbonyl (C=O) groups is 1. The van der Waals surface area contributed by atoms with Gasteiger partial charge in [0, 0.05) is 24.8 Å². The minimum Gasteiger partial charge on any atom is -0.287 e. The van der Waals surface area contributed by atoms with Gasteiger partial charge in [0.15, 0.2) is 0 Å². The quantitative estimate of drug-likeness (QED) is 0.602. The highest BCUT2D eigenvalue weighted by atomic mass is 16.1. The van der Waals surface area contributed by atoms with E-state index in [-0.39, 0.29) is 5.78 Å². The number of nitrogens with zero attached hydrogens (tertiary/aromatic N) is 5. The number of carbonyl (C=O) groups excluding carboxylic acids is 1. The van der Waals surface area contributed by atoms with Crippen molar-refractivity contribution in [2.75, 3.05) is 0 Å². The monoisotopic (exact) mass is 225 g/mol. The van der Waals surface area contributed by atoms with E-state index in [1.807, 2.05) is 0 Å². The second kappa shape index (κ2) is 3.75. The number of ketones is 1. The van der Waals surface area contributed by atoms with Gasteiger partial charge in [-0.25, -0.2) is 9.50 Å². The van der Waals surface area contributed by atoms with Crippen molar-refractivity contribution in [3.8, 4) is 0 Å². The third kappa shape index (κ3) is 1.55. The topological polar surface area (TPSA) is 73.0 Å². The Balaban J connectivity index is 2.14. The molecule has 0 aliphatic heterocycles. The molecule has 0 bridgehead atoms. The average Bonchev–Trinajstić information content (AvgIpc) is 2.83. The molecule has 0 amide bonds. The van der Waals surface area contributed by atoms with E-state index in [2.05, 4.69) is 20.1 Å². The van der Waals surface area contributed by atoms with Crippen molar-refractivity contribution in [3.05, 3.63) is 54.6 Å². The maximum atomic E-state index is 12.1. The van der Waals surface area contributed by atoms with Crippen LogP contribution in [-0.4, -0.2) is 30.3 Å². The molecular weight excluding hydrogens is 218 g/mol. The molecule has 0 N–H and O–H groups in total. The van der Waals surface area contributed by atoms with Crippen LogP contribution < -0.4 is 0 Å². The molecule has 3 aromatic rings. The zero-order valence-corrected chi connectivity index (χ0v) is 8.69. The van der Waals surface area contributed by atoms with E-state index in [0.717, 1.165) is 0 Å². The van der Waals surface area contributed by atoms with Gasteiger partial charge >= 0.3 is 0 Å². The predicted molar refractivity (Wildman–Crippen MR) is 58.5 cm³/mol. The third-order valence-corrected chi connectivity index (χ3v) is 2.37. The summed E-state index contributed by atoms with van der Waals surface area (Å²) >= 11 is 0. The molecule has 0 aromatic carbocycles. The molecule has 3 rings (SSSR count). The molecule has 3 aromatic heterocycles. The number of hydrogen-bond donors (Lipinski definition) is 0. The molecule has 6 nitrogen and oxygen atoms in total. The summed E-state index contributed by atoms with van der Waals surface area (Å²) < 4.78 is 1.59. The number of rotatable bonds is 2. The second-order valence-electron chi connectivity index (χ2n) is 3.38. The van der Waals surface area contributed by atoms with E-state index in [9.17, 15) is 4.79 Å². The standard InChI is InChI=1S/C11H7N5O/c17-11(9-6-12-1-2-14-9)8-5-15-16-4-3-13-7-10(8)16/h1-7H. The smallest absolute Gasteiger partial charge is 0.216 e. The van der Waals surface area contributed by atoms with Crippen molar-refractivity contribution < 1.29 is 4.79 Å². The molecule has 82 valence electrons. The first-order valence-electron chi connectivity index (χ1n) is 4.94. The largest absolute Gasteiger partial charge is 0.287 e. The molecule has 0 spiro atoms. The minimum atomic E-state index is -0.207. The van der Waals surface area contributed by atoms with Gasteiger partial charge in [0.25, 0.3) is 0 Å². The van der Waals surface area contributed by atoms with Crippen LogP contribution in [0.15, 0.2) is 43.4 Å². The maximum Gasteiger partial charge on any atom is 0.216 e. The summed E-state index contributed by atoms with van der Waals surface area (Å²) in [6.07, 6.45) is 10.8. The van der Waals surface area contributed by atoms with Crippen molar-refractivity contribution in [2.24, 2.45) is 0 Å². The first-order valence-corrected chi connectivity index (χ1v) is 4.94. The lowest BCUT2D eigenvalue weighted by Crippen LogP contribution is -2.04. The number of aromatic nitrogens is 5. The van der Waals surface area contributed by atoms with Crippen molar-refractivity contribution in [3.63, 3.8) is 0 Å². The zero-order chi connectivity index (χ0) is 11.7. The van der Waals surface area contributed by atoms with E-state index in [1.165, 1.54) is 24.8 Å². The Labute approximate surface area is 96.0 Å². The Kier molecular flexibility index (Phi) is 2.11. The molecule has 0 atom stereocenters. The van der Waals surface area contributed by atoms with Gasteiger partial charge in [-0.15, -0.1) is 0 Å². The van der Waals surface area contributed by atoms with Crippen LogP contribution in [-0.2, 0) is 0 Å². The molecule has 0 saturated carbocycles. The van der Waals surface area contributed by atoms with Crippen LogP contribution in [0, 0.1) is 0 Å². The van der Waals surface area contributed by atoms with Gasteiger partial charge in [0.2, 0.25) is 5.78 Å². The molecule has 0 fully saturated rings. The summed E-state index contributed by atoms with van der Waals surface area (Å²) in [4.78, 5) is 24.0. The lowest BCUT2D eigenvalue weighted by atomic mass is 10.1. The molecular formula is C11H7N5O. The highest BCUT2D eigenvalue weighted by molar-refractivity contribution is 6.11. The van der Waals surface area contributed by atoms with Gasteiger partial charge in [-0.3, -0.25) is 14.8 Å². The Bertz CT molecular complexity index is 676. The normalized spacial score (nSPS) is 10.6. The van der Waals surface area contributed by atoms with Gasteiger partial charge in [-0.1, -0.05) is 0 Å². The molecule has 0 aliphatic carbocycles. The Hall–Kier alpha value is -2.63. The fourth-order valence-electron chi connectivity index (χ4n) is 1.56. The first-order chi connectivity index (χ1) is 8.36. The van der Waals surface area contributed by atoms with E-state index in [1.54, 1.807) is 23.1 Å². The van der Waals surface area contributed by atoms with E-state index in [0.29, 0.717) is 16.8 Å². The Morgan fingerprint density at radius 2 is 1.94 bits per heavy atom. The van der Waals surface area contributed by atoms with Gasteiger partial charge < -0.3 is 0 Å². The number of hydrogen-bond acceptors (Lipinski definition) is 5. The molecule has 0 radical (unpaired) electrons. The SMILES string of the molecule is O=C(c1cnccn1)c1cnn2ccncc12. The summed E-state index contributed by atoms with van der Waals surface area (Å²) in [5.74, 6) is -0.207. The van der Waals surface area contributed by atoms with Crippen LogP contribution in [0.1, 0.15) is 16.1 Å². The third-order valence-electron chi connectivity index (χ3n) is 2.37. The fourth-order valence-corrected chi connectivity index (χ4v) is 1.56. The van der Waals surface area contributed by atoms with E-state index >= 15 is 0 Å². The van der Waals surface area contributed by atoms with Gasteiger partial charge in [0.1, 0.15) is 5.69 Å². The van der Waals surface area contributed by atoms with Crippen LogP contribution in [0.4, 0.5) is 0 Å². The summed E-state index contributed by atoms with van der Waals surface area (Å²) in [6, 6.07) is 0. The van der Waals surface area contributed by atoms with Gasteiger partial charge in [0.05, 0.1) is 29.7 Å². The van der Waals surface area contributed by atoms with Crippen LogP contribution in [0.3, 0.4) is 0 Å². The summed E-state index contributed by atoms with van der Waals surface area (Å²) in [5.41, 5.74) is 1.42. The fraction of sp³-hybridized carbons (Fsp3) is 0. The van der Waals surface area contributed by atoms with Crippen molar-refractivity contribution >= 4 is 11.3 Å². The first kappa shape index (κ1) is 9.59. The van der Waals surface area contributed by atoms with Crippen LogP contribution in [0.25, 0.3) is 5.52 Å². The Morgan fingerprint density at radius 3 is 2.76 bits per heavy atom. The van der Waals surface area contributed by atoms with Gasteiger partial charge in [-0.2, -0.15) is 5.10 Å². The molecule has 0 aliphatic rings. The van der Waals surface area contributed by atoms with Crippen LogP contribution in [0.5, 0.6) is 0 Å². The van der Waals surface area contributed by atoms with Crippen molar-refractivity contribution in [1.29, 1.82) is 0 Å². The zero-order valence-electron chi connectivity index (χ0n) is 8.69. The second-order valence-corrected chi connectivity index (χ2v) is 3.38. The highest BCUT2D eigenvalue weighted by Gasteiger charge is 2.15. The maximum absolute atomic E-state index is 12.1. The molecule has 0 unspecified atom stereocenters. The average molecular weight is 225 g/mol. The summed E-state index contributed by atoms with van der Waals surface area (Å²) in [7, 11) is 0. The minimum absolute atomic E-state index is 0.207. The Morgan fingerprint density at radius 1 is 1.06 bits per heavy atom. The van der Waals surface area contributed by atoms with Crippen molar-refractivity contribution in [1.82, 2.24) is 24.6 Å². The van der Waals surface area contributed by atoms with Crippen LogP contribution in [0.2, 0.25) is 0 Å². The van der Waals surface area contributed by atoms with Crippen molar-refractivity contribution in [2.45, 2.75) is 0 Å². The molecule has 3 heterocycles. The number of fused-ring (bicyclic) bond motifs is 1. The lowest BCUT2D eigenvalue weighted by Gasteiger charge is -1.96. The molecule has 17 heavy (non-hydrogen) atoms. The summed E-state index contributed by atoms with van der Waals surface area (Å²) in [5, 5.41) is 4.07. The lowest BCUT2D eigenvalue weighted by molar-refractivity contribution is 0.103. The van der Waals surface area contributed by atoms with Crippen LogP contribution >= 0.6 is 0 Å².